The molecule has 7 nitrogen and oxygen atoms in total. The van der Waals surface area contributed by atoms with Gasteiger partial charge in [0.2, 0.25) is 0 Å². The predicted octanol–water partition coefficient (Wildman–Crippen LogP) is 6.85. The minimum atomic E-state index is -4.74. The number of amides is 1. The largest absolute Gasteiger partial charge is 0.433 e. The van der Waals surface area contributed by atoms with Gasteiger partial charge in [0.25, 0.3) is 11.5 Å². The van der Waals surface area contributed by atoms with Gasteiger partial charge < -0.3 is 14.0 Å². The lowest BCUT2D eigenvalue weighted by atomic mass is 9.58. The standard InChI is InChI=1S/C26H30BrF4N3O4/c1-23(2,28)21-32-20(33-38-21)24-9-4-5-16(12-24)17(8-10-24)13-34(19-7-3-6-18(27)11-19)22(35)37-25(14-36-15-25)26(29,30)31/h3,6-7,11,16-17H,4-5,8-10,12-15H2,1-2H3. The second-order valence-corrected chi connectivity index (χ2v) is 12.2. The van der Waals surface area contributed by atoms with Crippen molar-refractivity contribution in [2.75, 3.05) is 24.7 Å². The van der Waals surface area contributed by atoms with Crippen molar-refractivity contribution < 1.29 is 36.4 Å². The highest BCUT2D eigenvalue weighted by atomic mass is 79.9. The molecule has 1 aromatic heterocycles. The van der Waals surface area contributed by atoms with Crippen LogP contribution in [0.3, 0.4) is 0 Å². The molecule has 2 aliphatic carbocycles. The van der Waals surface area contributed by atoms with Gasteiger partial charge in [-0.15, -0.1) is 0 Å². The van der Waals surface area contributed by atoms with Crippen LogP contribution in [0.5, 0.6) is 0 Å². The minimum Gasteiger partial charge on any atom is -0.428 e. The molecule has 12 heteroatoms. The van der Waals surface area contributed by atoms with Crippen LogP contribution in [0.2, 0.25) is 0 Å². The van der Waals surface area contributed by atoms with Gasteiger partial charge in [-0.3, -0.25) is 4.90 Å². The number of hydrogen-bond acceptors (Lipinski definition) is 6. The van der Waals surface area contributed by atoms with Gasteiger partial charge in [0.1, 0.15) is 0 Å². The van der Waals surface area contributed by atoms with Crippen LogP contribution in [0.4, 0.5) is 28.0 Å². The Labute approximate surface area is 226 Å². The van der Waals surface area contributed by atoms with E-state index in [4.69, 9.17) is 14.0 Å². The molecule has 1 aromatic carbocycles. The Hall–Kier alpha value is -2.21. The van der Waals surface area contributed by atoms with E-state index in [0.717, 1.165) is 25.7 Å². The first kappa shape index (κ1) is 27.4. The van der Waals surface area contributed by atoms with E-state index in [9.17, 15) is 22.4 Å². The maximum atomic E-state index is 14.4. The summed E-state index contributed by atoms with van der Waals surface area (Å²) in [5.74, 6) is 0.678. The molecule has 1 amide bonds. The average molecular weight is 604 g/mol. The molecule has 1 aliphatic heterocycles. The molecule has 0 radical (unpaired) electrons. The van der Waals surface area contributed by atoms with Gasteiger partial charge in [0.15, 0.2) is 11.5 Å². The molecule has 5 rings (SSSR count). The molecule has 2 aromatic rings. The zero-order valence-electron chi connectivity index (χ0n) is 21.2. The summed E-state index contributed by atoms with van der Waals surface area (Å²) in [6.07, 6.45) is -0.967. The molecule has 38 heavy (non-hydrogen) atoms. The molecule has 208 valence electrons. The number of benzene rings is 1. The molecular weight excluding hydrogens is 574 g/mol. The van der Waals surface area contributed by atoms with E-state index in [1.807, 2.05) is 0 Å². The number of anilines is 1. The number of hydrogen-bond donors (Lipinski definition) is 0. The molecule has 0 spiro atoms. The Kier molecular flexibility index (Phi) is 7.03. The topological polar surface area (TPSA) is 77.7 Å². The van der Waals surface area contributed by atoms with Crippen molar-refractivity contribution in [1.82, 2.24) is 10.1 Å². The molecule has 1 saturated heterocycles. The molecule has 3 unspecified atom stereocenters. The fourth-order valence-corrected chi connectivity index (χ4v) is 6.31. The molecule has 3 fully saturated rings. The summed E-state index contributed by atoms with van der Waals surface area (Å²) < 4.78 is 71.4. The highest BCUT2D eigenvalue weighted by Crippen LogP contribution is 2.52. The Morgan fingerprint density at radius 3 is 2.58 bits per heavy atom. The highest BCUT2D eigenvalue weighted by molar-refractivity contribution is 9.10. The Balaban J connectivity index is 1.37. The van der Waals surface area contributed by atoms with Crippen LogP contribution in [0, 0.1) is 11.8 Å². The van der Waals surface area contributed by atoms with Crippen molar-refractivity contribution in [2.24, 2.45) is 11.8 Å². The first-order valence-electron chi connectivity index (χ1n) is 12.8. The van der Waals surface area contributed by atoms with Crippen molar-refractivity contribution in [3.8, 4) is 0 Å². The van der Waals surface area contributed by atoms with Gasteiger partial charge >= 0.3 is 12.3 Å². The van der Waals surface area contributed by atoms with Gasteiger partial charge in [0.05, 0.1) is 13.2 Å². The van der Waals surface area contributed by atoms with E-state index in [1.54, 1.807) is 24.3 Å². The van der Waals surface area contributed by atoms with Crippen molar-refractivity contribution in [3.63, 3.8) is 0 Å². The van der Waals surface area contributed by atoms with Gasteiger partial charge in [0, 0.05) is 22.1 Å². The number of alkyl halides is 4. The number of rotatable bonds is 6. The number of aromatic nitrogens is 2. The molecule has 0 N–H and O–H groups in total. The first-order valence-corrected chi connectivity index (χ1v) is 13.6. The molecule has 3 atom stereocenters. The maximum absolute atomic E-state index is 14.4. The van der Waals surface area contributed by atoms with Crippen molar-refractivity contribution in [1.29, 1.82) is 0 Å². The Morgan fingerprint density at radius 2 is 1.97 bits per heavy atom. The fraction of sp³-hybridized carbons (Fsp3) is 0.654. The van der Waals surface area contributed by atoms with Crippen LogP contribution in [0.25, 0.3) is 0 Å². The summed E-state index contributed by atoms with van der Waals surface area (Å²) in [6, 6.07) is 6.86. The summed E-state index contributed by atoms with van der Waals surface area (Å²) in [7, 11) is 0. The third-order valence-electron chi connectivity index (χ3n) is 8.18. The summed E-state index contributed by atoms with van der Waals surface area (Å²) in [5.41, 5.74) is -4.27. The number of carbonyl (C=O) groups is 1. The fourth-order valence-electron chi connectivity index (χ4n) is 5.93. The number of fused-ring (bicyclic) bond motifs is 2. The van der Waals surface area contributed by atoms with Crippen molar-refractivity contribution in [2.45, 2.75) is 75.2 Å². The third kappa shape index (κ3) is 5.05. The van der Waals surface area contributed by atoms with Gasteiger partial charge in [-0.1, -0.05) is 40.0 Å². The van der Waals surface area contributed by atoms with Crippen LogP contribution < -0.4 is 4.90 Å². The number of ether oxygens (including phenoxy) is 2. The molecule has 2 heterocycles. The van der Waals surface area contributed by atoms with E-state index in [2.05, 4.69) is 26.1 Å². The molecule has 3 aliphatic rings. The van der Waals surface area contributed by atoms with Crippen molar-refractivity contribution in [3.05, 3.63) is 40.5 Å². The van der Waals surface area contributed by atoms with Gasteiger partial charge in [-0.2, -0.15) is 18.2 Å². The number of halogens is 5. The number of nitrogens with zero attached hydrogens (tertiary/aromatic N) is 3. The van der Waals surface area contributed by atoms with Crippen LogP contribution in [0.1, 0.15) is 64.1 Å². The van der Waals surface area contributed by atoms with Crippen LogP contribution in [0.15, 0.2) is 33.3 Å². The normalized spacial score (nSPS) is 26.9. The van der Waals surface area contributed by atoms with E-state index in [-0.39, 0.29) is 29.7 Å². The van der Waals surface area contributed by atoms with Crippen LogP contribution in [-0.4, -0.2) is 47.8 Å². The van der Waals surface area contributed by atoms with Gasteiger partial charge in [-0.05, 0) is 69.6 Å². The second-order valence-electron chi connectivity index (χ2n) is 11.3. The zero-order valence-corrected chi connectivity index (χ0v) is 22.8. The summed E-state index contributed by atoms with van der Waals surface area (Å²) in [4.78, 5) is 19.0. The molecular formula is C26H30BrF4N3O4. The Morgan fingerprint density at radius 1 is 1.21 bits per heavy atom. The quantitative estimate of drug-likeness (QED) is 0.336. The third-order valence-corrected chi connectivity index (χ3v) is 8.67. The zero-order chi connectivity index (χ0) is 27.3. The smallest absolute Gasteiger partial charge is 0.428 e. The van der Waals surface area contributed by atoms with Gasteiger partial charge in [-0.25, -0.2) is 9.18 Å². The first-order chi connectivity index (χ1) is 17.8. The van der Waals surface area contributed by atoms with E-state index in [1.165, 1.54) is 18.7 Å². The lowest BCUT2D eigenvalue weighted by molar-refractivity contribution is -0.330. The lowest BCUT2D eigenvalue weighted by Crippen LogP contribution is -2.64. The van der Waals surface area contributed by atoms with Crippen LogP contribution >= 0.6 is 15.9 Å². The van der Waals surface area contributed by atoms with E-state index in [0.29, 0.717) is 28.8 Å². The monoisotopic (exact) mass is 603 g/mol. The average Bonchev–Trinajstić information content (AvgIpc) is 3.32. The minimum absolute atomic E-state index is 0.0263. The molecule has 2 bridgehead atoms. The molecule has 2 saturated carbocycles. The lowest BCUT2D eigenvalue weighted by Gasteiger charge is -2.48. The van der Waals surface area contributed by atoms with Crippen LogP contribution in [-0.2, 0) is 20.6 Å². The number of carbonyl (C=O) groups excluding carboxylic acids is 1. The second kappa shape index (κ2) is 9.76. The summed E-state index contributed by atoms with van der Waals surface area (Å²) in [6.45, 7) is 1.52. The highest BCUT2D eigenvalue weighted by Gasteiger charge is 2.64. The summed E-state index contributed by atoms with van der Waals surface area (Å²) in [5, 5.41) is 4.13. The SMILES string of the molecule is CC(C)(F)c1nc(C23CCCC(C2)C(CN(C(=O)OC2(C(F)(F)F)COC2)c2cccc(Br)c2)CC3)no1. The maximum Gasteiger partial charge on any atom is 0.433 e. The predicted molar refractivity (Wildman–Crippen MR) is 132 cm³/mol. The Bertz CT molecular complexity index is 1180. The summed E-state index contributed by atoms with van der Waals surface area (Å²) >= 11 is 3.39. The van der Waals surface area contributed by atoms with Crippen molar-refractivity contribution >= 4 is 27.7 Å². The van der Waals surface area contributed by atoms with E-state index >= 15 is 0 Å². The van der Waals surface area contributed by atoms with E-state index < -0.39 is 36.8 Å².